The van der Waals surface area contributed by atoms with E-state index in [-0.39, 0.29) is 0 Å². The third kappa shape index (κ3) is 6.38. The van der Waals surface area contributed by atoms with Crippen LogP contribution >= 0.6 is 15.9 Å². The highest BCUT2D eigenvalue weighted by Crippen LogP contribution is 2.23. The van der Waals surface area contributed by atoms with E-state index < -0.39 is 18.0 Å². The van der Waals surface area contributed by atoms with Crippen LogP contribution in [0.1, 0.15) is 25.8 Å². The highest BCUT2D eigenvalue weighted by atomic mass is 79.9. The van der Waals surface area contributed by atoms with E-state index in [0.29, 0.717) is 29.2 Å². The molecule has 1 amide bonds. The first-order chi connectivity index (χ1) is 13.4. The summed E-state index contributed by atoms with van der Waals surface area (Å²) in [5.41, 5.74) is 2.93. The molecule has 0 bridgehead atoms. The minimum absolute atomic E-state index is 0.309. The normalized spacial score (nSPS) is 11.7. The summed E-state index contributed by atoms with van der Waals surface area (Å²) in [5.74, 6) is 0.593. The van der Waals surface area contributed by atoms with E-state index in [9.17, 15) is 9.59 Å². The first kappa shape index (κ1) is 21.4. The van der Waals surface area contributed by atoms with Crippen molar-refractivity contribution < 1.29 is 23.8 Å². The van der Waals surface area contributed by atoms with Crippen LogP contribution in [0.5, 0.6) is 17.2 Å². The number of hydrogen-bond acceptors (Lipinski definition) is 6. The van der Waals surface area contributed by atoms with Gasteiger partial charge in [0.2, 0.25) is 0 Å². The molecule has 28 heavy (non-hydrogen) atoms. The monoisotopic (exact) mass is 448 g/mol. The first-order valence-electron chi connectivity index (χ1n) is 8.54. The summed E-state index contributed by atoms with van der Waals surface area (Å²) in [6.07, 6.45) is 1.14. The number of hydrogen-bond donors (Lipinski definition) is 1. The van der Waals surface area contributed by atoms with Crippen LogP contribution in [0.2, 0.25) is 0 Å². The fourth-order valence-corrected chi connectivity index (χ4v) is 2.64. The maximum absolute atomic E-state index is 12.4. The van der Waals surface area contributed by atoms with E-state index >= 15 is 0 Å². The molecule has 2 aromatic carbocycles. The molecule has 8 heteroatoms. The fraction of sp³-hybridized carbons (Fsp3) is 0.250. The maximum Gasteiger partial charge on any atom is 0.308 e. The van der Waals surface area contributed by atoms with E-state index in [1.165, 1.54) is 20.2 Å². The molecule has 0 saturated carbocycles. The Kier molecular flexibility index (Phi) is 8.01. The lowest BCUT2D eigenvalue weighted by Crippen LogP contribution is -2.35. The number of methoxy groups -OCH3 is 1. The van der Waals surface area contributed by atoms with Crippen LogP contribution in [0, 0.1) is 0 Å². The highest BCUT2D eigenvalue weighted by Gasteiger charge is 2.18. The van der Waals surface area contributed by atoms with Crippen molar-refractivity contribution in [2.45, 2.75) is 26.4 Å². The van der Waals surface area contributed by atoms with Crippen LogP contribution in [-0.2, 0) is 9.59 Å². The molecule has 0 saturated heterocycles. The van der Waals surface area contributed by atoms with Crippen LogP contribution in [0.25, 0.3) is 0 Å². The van der Waals surface area contributed by atoms with Gasteiger partial charge in [-0.3, -0.25) is 9.59 Å². The second kappa shape index (κ2) is 10.5. The number of nitrogens with zero attached hydrogens (tertiary/aromatic N) is 1. The lowest BCUT2D eigenvalue weighted by molar-refractivity contribution is -0.132. The van der Waals surface area contributed by atoms with Gasteiger partial charge in [-0.25, -0.2) is 5.43 Å². The Morgan fingerprint density at radius 1 is 1.21 bits per heavy atom. The summed E-state index contributed by atoms with van der Waals surface area (Å²) in [7, 11) is 1.52. The van der Waals surface area contributed by atoms with Crippen molar-refractivity contribution in [3.05, 3.63) is 52.5 Å². The topological polar surface area (TPSA) is 86.2 Å². The van der Waals surface area contributed by atoms with Gasteiger partial charge in [-0.05, 0) is 42.8 Å². The zero-order chi connectivity index (χ0) is 20.5. The standard InChI is InChI=1S/C20H21BrN2O5/c1-4-18(28-17-7-5-6-15(21)11-17)20(25)23-22-12-14-10-16(26-3)8-9-19(14)27-13(2)24/h5-12,18H,4H2,1-3H3,(H,23,25)/b22-12+. The number of esters is 1. The molecule has 0 radical (unpaired) electrons. The smallest absolute Gasteiger partial charge is 0.308 e. The molecule has 0 aromatic heterocycles. The van der Waals surface area contributed by atoms with Gasteiger partial charge in [0.25, 0.3) is 5.91 Å². The van der Waals surface area contributed by atoms with E-state index in [1.54, 1.807) is 30.3 Å². The molecule has 1 atom stereocenters. The van der Waals surface area contributed by atoms with Crippen molar-refractivity contribution in [3.63, 3.8) is 0 Å². The average molecular weight is 449 g/mol. The van der Waals surface area contributed by atoms with Crippen molar-refractivity contribution in [3.8, 4) is 17.2 Å². The predicted octanol–water partition coefficient (Wildman–Crippen LogP) is 3.69. The van der Waals surface area contributed by atoms with Gasteiger partial charge in [-0.1, -0.05) is 28.9 Å². The zero-order valence-corrected chi connectivity index (χ0v) is 17.4. The van der Waals surface area contributed by atoms with Gasteiger partial charge >= 0.3 is 5.97 Å². The molecule has 2 rings (SSSR count). The van der Waals surface area contributed by atoms with Gasteiger partial charge < -0.3 is 14.2 Å². The predicted molar refractivity (Wildman–Crippen MR) is 109 cm³/mol. The molecule has 7 nitrogen and oxygen atoms in total. The minimum Gasteiger partial charge on any atom is -0.497 e. The molecule has 148 valence electrons. The molecule has 1 N–H and O–H groups in total. The van der Waals surface area contributed by atoms with Gasteiger partial charge in [0.05, 0.1) is 13.3 Å². The van der Waals surface area contributed by atoms with Crippen molar-refractivity contribution in [1.82, 2.24) is 5.43 Å². The van der Waals surface area contributed by atoms with Crippen LogP contribution in [-0.4, -0.2) is 31.3 Å². The quantitative estimate of drug-likeness (QED) is 0.288. The van der Waals surface area contributed by atoms with Crippen LogP contribution in [0.3, 0.4) is 0 Å². The minimum atomic E-state index is -0.704. The Labute approximate surface area is 171 Å². The number of carbonyl (C=O) groups excluding carboxylic acids is 2. The summed E-state index contributed by atoms with van der Waals surface area (Å²) in [6, 6.07) is 12.1. The number of halogens is 1. The van der Waals surface area contributed by atoms with Crippen molar-refractivity contribution in [2.75, 3.05) is 7.11 Å². The number of carbonyl (C=O) groups is 2. The Hall–Kier alpha value is -2.87. The van der Waals surface area contributed by atoms with Gasteiger partial charge in [-0.15, -0.1) is 0 Å². The van der Waals surface area contributed by atoms with Crippen LogP contribution < -0.4 is 19.6 Å². The molecule has 1 unspecified atom stereocenters. The largest absolute Gasteiger partial charge is 0.497 e. The lowest BCUT2D eigenvalue weighted by Gasteiger charge is -2.15. The summed E-state index contributed by atoms with van der Waals surface area (Å²) in [6.45, 7) is 3.14. The molecule has 0 aliphatic rings. The first-order valence-corrected chi connectivity index (χ1v) is 9.33. The lowest BCUT2D eigenvalue weighted by atomic mass is 10.2. The Bertz CT molecular complexity index is 869. The summed E-state index contributed by atoms with van der Waals surface area (Å²) in [4.78, 5) is 23.6. The maximum atomic E-state index is 12.4. The number of amides is 1. The second-order valence-corrected chi connectivity index (χ2v) is 6.62. The van der Waals surface area contributed by atoms with Crippen molar-refractivity contribution >= 4 is 34.0 Å². The van der Waals surface area contributed by atoms with E-state index in [4.69, 9.17) is 14.2 Å². The average Bonchev–Trinajstić information content (AvgIpc) is 2.66. The number of benzene rings is 2. The molecule has 0 heterocycles. The van der Waals surface area contributed by atoms with Crippen molar-refractivity contribution in [2.24, 2.45) is 5.10 Å². The molecular formula is C20H21BrN2O5. The van der Waals surface area contributed by atoms with Gasteiger partial charge in [-0.2, -0.15) is 5.10 Å². The fourth-order valence-electron chi connectivity index (χ4n) is 2.27. The Morgan fingerprint density at radius 2 is 2.00 bits per heavy atom. The molecule has 0 fully saturated rings. The zero-order valence-electron chi connectivity index (χ0n) is 15.8. The summed E-state index contributed by atoms with van der Waals surface area (Å²) in [5, 5.41) is 3.95. The Balaban J connectivity index is 2.07. The second-order valence-electron chi connectivity index (χ2n) is 5.70. The molecule has 2 aromatic rings. The van der Waals surface area contributed by atoms with Gasteiger partial charge in [0.1, 0.15) is 17.2 Å². The van der Waals surface area contributed by atoms with Crippen molar-refractivity contribution in [1.29, 1.82) is 0 Å². The van der Waals surface area contributed by atoms with E-state index in [0.717, 1.165) is 4.47 Å². The van der Waals surface area contributed by atoms with Gasteiger partial charge in [0, 0.05) is 17.0 Å². The summed E-state index contributed by atoms with van der Waals surface area (Å²) >= 11 is 3.36. The van der Waals surface area contributed by atoms with Crippen LogP contribution in [0.15, 0.2) is 52.0 Å². The summed E-state index contributed by atoms with van der Waals surface area (Å²) < 4.78 is 16.9. The SMILES string of the molecule is CCC(Oc1cccc(Br)c1)C(=O)N/N=C/c1cc(OC)ccc1OC(C)=O. The Morgan fingerprint density at radius 3 is 2.64 bits per heavy atom. The molecule has 0 aliphatic heterocycles. The molecule has 0 spiro atoms. The number of hydrazone groups is 1. The highest BCUT2D eigenvalue weighted by molar-refractivity contribution is 9.10. The van der Waals surface area contributed by atoms with E-state index in [1.807, 2.05) is 19.1 Å². The van der Waals surface area contributed by atoms with Crippen LogP contribution in [0.4, 0.5) is 0 Å². The third-order valence-electron chi connectivity index (χ3n) is 3.59. The molecule has 0 aliphatic carbocycles. The number of rotatable bonds is 8. The number of nitrogens with one attached hydrogen (secondary N) is 1. The third-order valence-corrected chi connectivity index (χ3v) is 4.08. The molecular weight excluding hydrogens is 428 g/mol. The number of ether oxygens (including phenoxy) is 3. The van der Waals surface area contributed by atoms with Gasteiger partial charge in [0.15, 0.2) is 6.10 Å². The van der Waals surface area contributed by atoms with E-state index in [2.05, 4.69) is 26.5 Å².